The minimum absolute atomic E-state index is 0.0997. The molecule has 0 spiro atoms. The standard InChI is InChI=1S/C14H12N2O6/c1-2-5-13(17)22-14-10-7-4-3-6-9(10)11(15(18)19)8-12(14)16(20)21/h3-4,6-8H,2,5H2,1H3. The number of hydrogen-bond donors (Lipinski definition) is 0. The number of esters is 1. The van der Waals surface area contributed by atoms with E-state index >= 15 is 0 Å². The number of nitrogens with zero attached hydrogens (tertiary/aromatic N) is 2. The summed E-state index contributed by atoms with van der Waals surface area (Å²) in [6, 6.07) is 6.85. The lowest BCUT2D eigenvalue weighted by Crippen LogP contribution is -2.09. The van der Waals surface area contributed by atoms with Crippen LogP contribution in [0.15, 0.2) is 30.3 Å². The number of non-ortho nitro benzene ring substituents is 1. The van der Waals surface area contributed by atoms with Gasteiger partial charge in [-0.15, -0.1) is 0 Å². The Balaban J connectivity index is 2.74. The second-order valence-corrected chi connectivity index (χ2v) is 4.53. The molecule has 0 saturated carbocycles. The molecule has 0 amide bonds. The number of carbonyl (C=O) groups is 1. The van der Waals surface area contributed by atoms with Gasteiger partial charge in [-0.2, -0.15) is 0 Å². The van der Waals surface area contributed by atoms with Crippen molar-refractivity contribution in [3.05, 3.63) is 50.6 Å². The van der Waals surface area contributed by atoms with Crippen LogP contribution in [0.4, 0.5) is 11.4 Å². The number of nitro groups is 2. The van der Waals surface area contributed by atoms with Gasteiger partial charge in [-0.1, -0.05) is 25.1 Å². The van der Waals surface area contributed by atoms with Gasteiger partial charge in [0, 0.05) is 11.8 Å². The zero-order valence-electron chi connectivity index (χ0n) is 11.6. The van der Waals surface area contributed by atoms with E-state index in [4.69, 9.17) is 4.74 Å². The van der Waals surface area contributed by atoms with Crippen LogP contribution in [0.3, 0.4) is 0 Å². The quantitative estimate of drug-likeness (QED) is 0.362. The third-order valence-electron chi connectivity index (χ3n) is 3.02. The van der Waals surface area contributed by atoms with Gasteiger partial charge in [-0.05, 0) is 12.5 Å². The van der Waals surface area contributed by atoms with Crippen LogP contribution in [0.5, 0.6) is 5.75 Å². The highest BCUT2D eigenvalue weighted by Gasteiger charge is 2.27. The molecule has 0 radical (unpaired) electrons. The fraction of sp³-hybridized carbons (Fsp3) is 0.214. The Bertz CT molecular complexity index is 771. The lowest BCUT2D eigenvalue weighted by atomic mass is 10.1. The van der Waals surface area contributed by atoms with Crippen LogP contribution >= 0.6 is 0 Å². The minimum Gasteiger partial charge on any atom is -0.418 e. The van der Waals surface area contributed by atoms with Crippen LogP contribution in [0.1, 0.15) is 19.8 Å². The normalized spacial score (nSPS) is 10.4. The van der Waals surface area contributed by atoms with E-state index in [1.165, 1.54) is 12.1 Å². The number of fused-ring (bicyclic) bond motifs is 1. The van der Waals surface area contributed by atoms with E-state index in [1.54, 1.807) is 19.1 Å². The fourth-order valence-corrected chi connectivity index (χ4v) is 2.08. The van der Waals surface area contributed by atoms with E-state index in [9.17, 15) is 25.0 Å². The van der Waals surface area contributed by atoms with Crippen LogP contribution in [0, 0.1) is 20.2 Å². The molecule has 2 aromatic carbocycles. The van der Waals surface area contributed by atoms with Crippen molar-refractivity contribution in [3.63, 3.8) is 0 Å². The highest BCUT2D eigenvalue weighted by molar-refractivity contribution is 6.00. The summed E-state index contributed by atoms with van der Waals surface area (Å²) in [5, 5.41) is 22.6. The number of hydrogen-bond acceptors (Lipinski definition) is 6. The maximum absolute atomic E-state index is 11.7. The molecule has 8 nitrogen and oxygen atoms in total. The van der Waals surface area contributed by atoms with Crippen LogP contribution in [-0.2, 0) is 4.79 Å². The molecular weight excluding hydrogens is 292 g/mol. The molecule has 0 atom stereocenters. The first-order valence-corrected chi connectivity index (χ1v) is 6.51. The van der Waals surface area contributed by atoms with E-state index in [1.807, 2.05) is 0 Å². The molecule has 0 unspecified atom stereocenters. The Kier molecular flexibility index (Phi) is 4.31. The third-order valence-corrected chi connectivity index (χ3v) is 3.02. The molecule has 0 aromatic heterocycles. The zero-order valence-corrected chi connectivity index (χ0v) is 11.6. The first-order valence-electron chi connectivity index (χ1n) is 6.51. The third kappa shape index (κ3) is 2.85. The maximum Gasteiger partial charge on any atom is 0.319 e. The van der Waals surface area contributed by atoms with Gasteiger partial charge in [0.25, 0.3) is 5.69 Å². The number of rotatable bonds is 5. The molecule has 0 aliphatic rings. The Morgan fingerprint density at radius 3 is 2.23 bits per heavy atom. The Hall–Kier alpha value is -3.03. The molecule has 0 bridgehead atoms. The Morgan fingerprint density at radius 1 is 1.09 bits per heavy atom. The van der Waals surface area contributed by atoms with Crippen molar-refractivity contribution < 1.29 is 19.4 Å². The summed E-state index contributed by atoms with van der Waals surface area (Å²) in [7, 11) is 0. The number of nitro benzene ring substituents is 2. The molecule has 0 heterocycles. The predicted molar refractivity (Wildman–Crippen MR) is 77.8 cm³/mol. The van der Waals surface area contributed by atoms with Crippen molar-refractivity contribution in [2.45, 2.75) is 19.8 Å². The van der Waals surface area contributed by atoms with Gasteiger partial charge in [-0.3, -0.25) is 25.0 Å². The van der Waals surface area contributed by atoms with Crippen molar-refractivity contribution in [1.82, 2.24) is 0 Å². The van der Waals surface area contributed by atoms with Crippen LogP contribution < -0.4 is 4.74 Å². The summed E-state index contributed by atoms with van der Waals surface area (Å²) in [6.45, 7) is 1.77. The molecule has 0 fully saturated rings. The van der Waals surface area contributed by atoms with Crippen molar-refractivity contribution in [3.8, 4) is 5.75 Å². The molecule has 0 aliphatic heterocycles. The fourth-order valence-electron chi connectivity index (χ4n) is 2.08. The lowest BCUT2D eigenvalue weighted by Gasteiger charge is -2.08. The van der Waals surface area contributed by atoms with Gasteiger partial charge in [-0.25, -0.2) is 0 Å². The van der Waals surface area contributed by atoms with Crippen molar-refractivity contribution in [1.29, 1.82) is 0 Å². The molecule has 114 valence electrons. The molecule has 0 aliphatic carbocycles. The van der Waals surface area contributed by atoms with Gasteiger partial charge in [0.15, 0.2) is 0 Å². The van der Waals surface area contributed by atoms with Crippen molar-refractivity contribution in [2.24, 2.45) is 0 Å². The number of ether oxygens (including phenoxy) is 1. The lowest BCUT2D eigenvalue weighted by molar-refractivity contribution is -0.393. The van der Waals surface area contributed by atoms with Gasteiger partial charge in [0.05, 0.1) is 21.3 Å². The molecule has 0 N–H and O–H groups in total. The smallest absolute Gasteiger partial charge is 0.319 e. The number of benzene rings is 2. The van der Waals surface area contributed by atoms with Gasteiger partial charge in [0.1, 0.15) is 0 Å². The molecular formula is C14H12N2O6. The molecule has 0 saturated heterocycles. The molecule has 2 aromatic rings. The summed E-state index contributed by atoms with van der Waals surface area (Å²) >= 11 is 0. The summed E-state index contributed by atoms with van der Waals surface area (Å²) in [6.07, 6.45) is 0.625. The van der Waals surface area contributed by atoms with E-state index < -0.39 is 27.2 Å². The van der Waals surface area contributed by atoms with E-state index in [2.05, 4.69) is 0 Å². The summed E-state index contributed by atoms with van der Waals surface area (Å²) in [4.78, 5) is 32.4. The summed E-state index contributed by atoms with van der Waals surface area (Å²) < 4.78 is 5.09. The van der Waals surface area contributed by atoms with Crippen LogP contribution in [-0.4, -0.2) is 15.8 Å². The zero-order chi connectivity index (χ0) is 16.3. The maximum atomic E-state index is 11.7. The van der Waals surface area contributed by atoms with Crippen molar-refractivity contribution >= 4 is 28.1 Å². The van der Waals surface area contributed by atoms with Gasteiger partial charge < -0.3 is 4.74 Å². The Labute approximate surface area is 124 Å². The molecule has 22 heavy (non-hydrogen) atoms. The topological polar surface area (TPSA) is 113 Å². The van der Waals surface area contributed by atoms with Crippen LogP contribution in [0.2, 0.25) is 0 Å². The predicted octanol–water partition coefficient (Wildman–Crippen LogP) is 3.36. The van der Waals surface area contributed by atoms with Gasteiger partial charge in [0.2, 0.25) is 5.75 Å². The first-order chi connectivity index (χ1) is 10.5. The van der Waals surface area contributed by atoms with E-state index in [0.717, 1.165) is 6.07 Å². The monoisotopic (exact) mass is 304 g/mol. The molecule has 8 heteroatoms. The highest BCUT2D eigenvalue weighted by atomic mass is 16.6. The highest BCUT2D eigenvalue weighted by Crippen LogP contribution is 2.41. The summed E-state index contributed by atoms with van der Waals surface area (Å²) in [5.74, 6) is -0.880. The average molecular weight is 304 g/mol. The van der Waals surface area contributed by atoms with E-state index in [0.29, 0.717) is 6.42 Å². The number of carbonyl (C=O) groups excluding carboxylic acids is 1. The van der Waals surface area contributed by atoms with Gasteiger partial charge >= 0.3 is 11.7 Å². The first kappa shape index (κ1) is 15.4. The SMILES string of the molecule is CCCC(=O)Oc1c([N+](=O)[O-])cc([N+](=O)[O-])c2ccccc12. The average Bonchev–Trinajstić information content (AvgIpc) is 2.47. The second-order valence-electron chi connectivity index (χ2n) is 4.53. The Morgan fingerprint density at radius 2 is 1.68 bits per heavy atom. The second kappa shape index (κ2) is 6.17. The van der Waals surface area contributed by atoms with E-state index in [-0.39, 0.29) is 22.9 Å². The van der Waals surface area contributed by atoms with Crippen molar-refractivity contribution in [2.75, 3.05) is 0 Å². The largest absolute Gasteiger partial charge is 0.418 e. The molecule has 2 rings (SSSR count). The van der Waals surface area contributed by atoms with Crippen LogP contribution in [0.25, 0.3) is 10.8 Å². The minimum atomic E-state index is -0.798. The summed E-state index contributed by atoms with van der Waals surface area (Å²) in [5.41, 5.74) is -1.01.